The Balaban J connectivity index is 2.27. The normalized spacial score (nSPS) is 28.4. The number of hydrogen-bond donors (Lipinski definition) is 1. The Morgan fingerprint density at radius 1 is 1.33 bits per heavy atom. The summed E-state index contributed by atoms with van der Waals surface area (Å²) in [5.41, 5.74) is -0.720. The van der Waals surface area contributed by atoms with Crippen LogP contribution in [0.25, 0.3) is 0 Å². The minimum absolute atomic E-state index is 0.0155. The topological polar surface area (TPSA) is 52.7 Å². The first-order chi connectivity index (χ1) is 8.37. The number of urea groups is 1. The summed E-state index contributed by atoms with van der Waals surface area (Å²) < 4.78 is 0. The second kappa shape index (κ2) is 4.53. The van der Waals surface area contributed by atoms with E-state index in [2.05, 4.69) is 5.32 Å². The highest BCUT2D eigenvalue weighted by Gasteiger charge is 2.54. The quantitative estimate of drug-likeness (QED) is 0.752. The van der Waals surface area contributed by atoms with Gasteiger partial charge in [-0.2, -0.15) is 0 Å². The fourth-order valence-corrected chi connectivity index (χ4v) is 3.08. The van der Waals surface area contributed by atoms with Crippen LogP contribution < -0.4 is 5.32 Å². The Morgan fingerprint density at radius 3 is 2.44 bits per heavy atom. The van der Waals surface area contributed by atoms with E-state index in [1.165, 1.54) is 4.90 Å². The second-order valence-corrected chi connectivity index (χ2v) is 5.98. The van der Waals surface area contributed by atoms with E-state index >= 15 is 0 Å². The molecule has 2 heterocycles. The van der Waals surface area contributed by atoms with Crippen molar-refractivity contribution in [2.75, 3.05) is 13.1 Å². The van der Waals surface area contributed by atoms with Gasteiger partial charge in [0.2, 0.25) is 0 Å². The summed E-state index contributed by atoms with van der Waals surface area (Å²) in [7, 11) is 0. The van der Waals surface area contributed by atoms with Gasteiger partial charge in [-0.1, -0.05) is 0 Å². The van der Waals surface area contributed by atoms with Crippen LogP contribution in [0.2, 0.25) is 0 Å². The molecular formula is C13H23N3O2. The third-order valence-electron chi connectivity index (χ3n) is 3.91. The van der Waals surface area contributed by atoms with Crippen molar-refractivity contribution >= 4 is 11.9 Å². The first-order valence-corrected chi connectivity index (χ1v) is 6.75. The third kappa shape index (κ3) is 1.90. The first-order valence-electron chi connectivity index (χ1n) is 6.75. The van der Waals surface area contributed by atoms with E-state index < -0.39 is 5.54 Å². The minimum atomic E-state index is -0.720. The zero-order valence-electron chi connectivity index (χ0n) is 11.7. The number of hydrogen-bond acceptors (Lipinski definition) is 3. The molecule has 102 valence electrons. The highest BCUT2D eigenvalue weighted by atomic mass is 16.2. The van der Waals surface area contributed by atoms with Gasteiger partial charge in [-0.15, -0.1) is 0 Å². The van der Waals surface area contributed by atoms with E-state index in [0.29, 0.717) is 0 Å². The smallest absolute Gasteiger partial charge is 0.315 e. The van der Waals surface area contributed by atoms with Crippen LogP contribution in [0.3, 0.4) is 0 Å². The van der Waals surface area contributed by atoms with Crippen molar-refractivity contribution in [1.29, 1.82) is 0 Å². The fourth-order valence-electron chi connectivity index (χ4n) is 3.08. The molecule has 1 atom stereocenters. The molecule has 5 nitrogen and oxygen atoms in total. The van der Waals surface area contributed by atoms with Gasteiger partial charge in [0.05, 0.1) is 6.04 Å². The molecule has 1 unspecified atom stereocenters. The van der Waals surface area contributed by atoms with Crippen LogP contribution in [0.1, 0.15) is 40.5 Å². The SMILES string of the molecule is CC(C)N1C(=O)N(C2CCCNC2)C(=O)C1(C)C. The highest BCUT2D eigenvalue weighted by molar-refractivity contribution is 6.07. The summed E-state index contributed by atoms with van der Waals surface area (Å²) in [4.78, 5) is 28.1. The molecule has 0 radical (unpaired) electrons. The Bertz CT molecular complexity index is 359. The molecule has 2 rings (SSSR count). The van der Waals surface area contributed by atoms with Gasteiger partial charge < -0.3 is 10.2 Å². The Morgan fingerprint density at radius 2 is 2.00 bits per heavy atom. The van der Waals surface area contributed by atoms with Gasteiger partial charge in [0.1, 0.15) is 5.54 Å². The molecule has 0 saturated carbocycles. The second-order valence-electron chi connectivity index (χ2n) is 5.98. The van der Waals surface area contributed by atoms with Crippen molar-refractivity contribution in [3.05, 3.63) is 0 Å². The third-order valence-corrected chi connectivity index (χ3v) is 3.91. The predicted octanol–water partition coefficient (Wildman–Crippen LogP) is 1.19. The molecule has 5 heteroatoms. The van der Waals surface area contributed by atoms with Crippen molar-refractivity contribution in [2.24, 2.45) is 0 Å². The van der Waals surface area contributed by atoms with Crippen molar-refractivity contribution in [1.82, 2.24) is 15.1 Å². The number of amides is 3. The Hall–Kier alpha value is -1.10. The molecule has 0 aromatic rings. The van der Waals surface area contributed by atoms with Gasteiger partial charge in [-0.05, 0) is 47.1 Å². The van der Waals surface area contributed by atoms with E-state index in [1.807, 2.05) is 27.7 Å². The molecule has 2 aliphatic heterocycles. The van der Waals surface area contributed by atoms with Crippen LogP contribution in [0, 0.1) is 0 Å². The van der Waals surface area contributed by atoms with Crippen molar-refractivity contribution in [2.45, 2.75) is 58.2 Å². The summed E-state index contributed by atoms with van der Waals surface area (Å²) in [6.07, 6.45) is 1.93. The van der Waals surface area contributed by atoms with Gasteiger partial charge >= 0.3 is 6.03 Å². The highest BCUT2D eigenvalue weighted by Crippen LogP contribution is 2.32. The first kappa shape index (κ1) is 13.3. The van der Waals surface area contributed by atoms with Crippen molar-refractivity contribution in [3.63, 3.8) is 0 Å². The van der Waals surface area contributed by atoms with E-state index in [1.54, 1.807) is 4.90 Å². The average Bonchev–Trinajstić information content (AvgIpc) is 2.46. The van der Waals surface area contributed by atoms with Crippen LogP contribution in [0.15, 0.2) is 0 Å². The number of imide groups is 1. The van der Waals surface area contributed by atoms with E-state index in [9.17, 15) is 9.59 Å². The van der Waals surface area contributed by atoms with E-state index in [-0.39, 0.29) is 24.0 Å². The molecule has 2 fully saturated rings. The largest absolute Gasteiger partial charge is 0.328 e. The minimum Gasteiger partial charge on any atom is -0.315 e. The van der Waals surface area contributed by atoms with Crippen molar-refractivity contribution in [3.8, 4) is 0 Å². The zero-order chi connectivity index (χ0) is 13.5. The molecule has 0 aromatic heterocycles. The standard InChI is InChI=1S/C13H23N3O2/c1-9(2)16-12(18)15(11(17)13(16,3)4)10-6-5-7-14-8-10/h9-10,14H,5-8H2,1-4H3. The molecule has 3 amide bonds. The molecule has 2 saturated heterocycles. The van der Waals surface area contributed by atoms with Gasteiger partial charge in [-0.25, -0.2) is 4.79 Å². The summed E-state index contributed by atoms with van der Waals surface area (Å²) in [6, 6.07) is -0.0755. The molecule has 0 aliphatic carbocycles. The van der Waals surface area contributed by atoms with Crippen LogP contribution in [0.4, 0.5) is 4.79 Å². The van der Waals surface area contributed by atoms with Crippen LogP contribution in [-0.2, 0) is 4.79 Å². The van der Waals surface area contributed by atoms with E-state index in [0.717, 1.165) is 25.9 Å². The Kier molecular flexibility index (Phi) is 3.36. The molecule has 0 aromatic carbocycles. The number of carbonyl (C=O) groups excluding carboxylic acids is 2. The lowest BCUT2D eigenvalue weighted by atomic mass is 10.0. The molecule has 18 heavy (non-hydrogen) atoms. The maximum absolute atomic E-state index is 12.5. The summed E-state index contributed by atoms with van der Waals surface area (Å²) in [6.45, 7) is 9.28. The number of rotatable bonds is 2. The maximum Gasteiger partial charge on any atom is 0.328 e. The molecule has 1 N–H and O–H groups in total. The Labute approximate surface area is 108 Å². The maximum atomic E-state index is 12.5. The lowest BCUT2D eigenvalue weighted by Gasteiger charge is -2.31. The number of nitrogens with zero attached hydrogens (tertiary/aromatic N) is 2. The molecule has 2 aliphatic rings. The lowest BCUT2D eigenvalue weighted by Crippen LogP contribution is -2.49. The molecule has 0 spiro atoms. The number of nitrogens with one attached hydrogen (secondary N) is 1. The lowest BCUT2D eigenvalue weighted by molar-refractivity contribution is -0.133. The van der Waals surface area contributed by atoms with Crippen LogP contribution in [-0.4, -0.2) is 52.5 Å². The fraction of sp³-hybridized carbons (Fsp3) is 0.846. The van der Waals surface area contributed by atoms with Gasteiger partial charge in [-0.3, -0.25) is 9.69 Å². The molecule has 0 bridgehead atoms. The van der Waals surface area contributed by atoms with Gasteiger partial charge in [0, 0.05) is 12.6 Å². The summed E-state index contributed by atoms with van der Waals surface area (Å²) in [5, 5.41) is 3.26. The van der Waals surface area contributed by atoms with Gasteiger partial charge in [0.25, 0.3) is 5.91 Å². The van der Waals surface area contributed by atoms with E-state index in [4.69, 9.17) is 0 Å². The summed E-state index contributed by atoms with van der Waals surface area (Å²) in [5.74, 6) is -0.0603. The number of piperidine rings is 1. The monoisotopic (exact) mass is 253 g/mol. The summed E-state index contributed by atoms with van der Waals surface area (Å²) >= 11 is 0. The average molecular weight is 253 g/mol. The predicted molar refractivity (Wildman–Crippen MR) is 69.2 cm³/mol. The van der Waals surface area contributed by atoms with Crippen LogP contribution in [0.5, 0.6) is 0 Å². The van der Waals surface area contributed by atoms with Crippen molar-refractivity contribution < 1.29 is 9.59 Å². The molecular weight excluding hydrogens is 230 g/mol. The van der Waals surface area contributed by atoms with Crippen LogP contribution >= 0.6 is 0 Å². The zero-order valence-corrected chi connectivity index (χ0v) is 11.7. The van der Waals surface area contributed by atoms with Gasteiger partial charge in [0.15, 0.2) is 0 Å². The number of carbonyl (C=O) groups is 2.